The Balaban J connectivity index is 0.997. The predicted molar refractivity (Wildman–Crippen MR) is 275 cm³/mol. The van der Waals surface area contributed by atoms with Gasteiger partial charge in [-0.15, -0.1) is 0 Å². The van der Waals surface area contributed by atoms with Crippen LogP contribution in [0, 0.1) is 11.8 Å². The molecule has 6 rings (SSSR count). The van der Waals surface area contributed by atoms with E-state index >= 15 is 0 Å². The van der Waals surface area contributed by atoms with Crippen LogP contribution in [-0.4, -0.2) is 119 Å². The van der Waals surface area contributed by atoms with E-state index in [1.54, 1.807) is 67.1 Å². The maximum atomic E-state index is 13.7. The molecular formula is C53H69N9O12. The van der Waals surface area contributed by atoms with Crippen LogP contribution < -0.4 is 37.3 Å². The van der Waals surface area contributed by atoms with Crippen LogP contribution in [0.4, 0.5) is 20.1 Å². The van der Waals surface area contributed by atoms with E-state index in [1.807, 2.05) is 34.6 Å². The number of Topliss-reactive ketones (excluding diaryl/α,β-unsaturated/α-hetero) is 1. The number of anilines is 1. The topological polar surface area (TPSA) is 283 Å². The molecule has 7 N–H and O–H groups in total. The molecule has 2 aromatic carbocycles. The summed E-state index contributed by atoms with van der Waals surface area (Å²) in [7, 11) is 3.08. The highest BCUT2D eigenvalue weighted by Crippen LogP contribution is 2.41. The molecule has 4 heterocycles. The number of esters is 1. The Morgan fingerprint density at radius 3 is 2.26 bits per heavy atom. The number of carbonyl (C=O) groups excluding carboxylic acids is 7. The van der Waals surface area contributed by atoms with Crippen molar-refractivity contribution < 1.29 is 52.9 Å². The Morgan fingerprint density at radius 1 is 0.905 bits per heavy atom. The molecule has 0 aliphatic carbocycles. The molecule has 398 valence electrons. The molecule has 0 bridgehead atoms. The number of likely N-dealkylation sites (N-methyl/N-ethyl adjacent to an activating group) is 2. The summed E-state index contributed by atoms with van der Waals surface area (Å²) in [5, 5.41) is 23.4. The molecular weight excluding hydrogens is 955 g/mol. The van der Waals surface area contributed by atoms with Crippen molar-refractivity contribution in [3.8, 4) is 17.1 Å². The zero-order chi connectivity index (χ0) is 54.0. The van der Waals surface area contributed by atoms with Crippen LogP contribution in [0.2, 0.25) is 0 Å². The number of primary amides is 1. The average molecular weight is 1020 g/mol. The number of hydrogen-bond acceptors (Lipinski definition) is 14. The number of amides is 6. The number of ether oxygens (including phenoxy) is 3. The first-order chi connectivity index (χ1) is 35.2. The van der Waals surface area contributed by atoms with Gasteiger partial charge in [-0.25, -0.2) is 24.2 Å². The number of hydrogen-bond donors (Lipinski definition) is 6. The molecule has 6 amide bonds. The number of nitrogens with two attached hydrogens (primary N) is 1. The van der Waals surface area contributed by atoms with Crippen LogP contribution in [-0.2, 0) is 60.4 Å². The van der Waals surface area contributed by atoms with Gasteiger partial charge in [0.05, 0.1) is 35.1 Å². The number of aromatic nitrogens is 2. The van der Waals surface area contributed by atoms with Gasteiger partial charge >= 0.3 is 24.2 Å². The van der Waals surface area contributed by atoms with Crippen molar-refractivity contribution in [2.75, 3.05) is 45.6 Å². The minimum atomic E-state index is -1.94. The Bertz CT molecular complexity index is 2830. The summed E-state index contributed by atoms with van der Waals surface area (Å²) in [5.74, 6) is -1.41. The van der Waals surface area contributed by atoms with Crippen molar-refractivity contribution in [1.29, 1.82) is 0 Å². The number of fused-ring (bicyclic) bond motifs is 5. The third-order valence-electron chi connectivity index (χ3n) is 13.5. The number of benzene rings is 2. The molecule has 2 aromatic heterocycles. The molecule has 4 aromatic rings. The number of ketones is 1. The highest BCUT2D eigenvalue weighted by Gasteiger charge is 2.45. The third kappa shape index (κ3) is 13.0. The highest BCUT2D eigenvalue weighted by atomic mass is 16.6. The molecule has 74 heavy (non-hydrogen) atoms. The van der Waals surface area contributed by atoms with Gasteiger partial charge in [-0.2, -0.15) is 0 Å². The number of rotatable bonds is 23. The number of cyclic esters (lactones) is 1. The summed E-state index contributed by atoms with van der Waals surface area (Å²) in [5.41, 5.74) is 7.83. The van der Waals surface area contributed by atoms with Crippen molar-refractivity contribution >= 4 is 58.4 Å². The number of carbonyl (C=O) groups is 7. The van der Waals surface area contributed by atoms with Crippen LogP contribution in [0.1, 0.15) is 101 Å². The van der Waals surface area contributed by atoms with Gasteiger partial charge in [-0.3, -0.25) is 19.2 Å². The predicted octanol–water partition coefficient (Wildman–Crippen LogP) is 4.83. The van der Waals surface area contributed by atoms with Crippen LogP contribution in [0.3, 0.4) is 0 Å². The second-order valence-corrected chi connectivity index (χ2v) is 19.4. The summed E-state index contributed by atoms with van der Waals surface area (Å²) in [6, 6.07) is 11.1. The van der Waals surface area contributed by atoms with Gasteiger partial charge < -0.3 is 60.7 Å². The molecule has 3 atom stereocenters. The van der Waals surface area contributed by atoms with Gasteiger partial charge in [0.25, 0.3) is 5.56 Å². The number of urea groups is 1. The highest BCUT2D eigenvalue weighted by molar-refractivity contribution is 5.98. The maximum absolute atomic E-state index is 13.7. The Morgan fingerprint density at radius 2 is 1.61 bits per heavy atom. The van der Waals surface area contributed by atoms with Crippen molar-refractivity contribution in [3.63, 3.8) is 0 Å². The number of aliphatic hydroxyl groups is 1. The normalized spacial score (nSPS) is 15.3. The van der Waals surface area contributed by atoms with Gasteiger partial charge in [-0.05, 0) is 92.1 Å². The van der Waals surface area contributed by atoms with E-state index in [1.165, 1.54) is 16.8 Å². The number of aryl methyl sites for hydroxylation is 1. The standard InChI is InChI=1S/C53H69N9O12/c1-9-35-36-25-34(19-20-40(36)58-45-37(35)27-62-42(45)26-39-38(48(62)66)29-72-49(67)53(39,71)10-2)74-52(70)61(8)24-23-60(7)51(69)73-28-32-15-17-33(18-16-32)57-46(64)41(13-11-22-56-50(54)68)59-47(65)44(31(5)6)55-21-12-14-43(63)30(3)4/h15-20,25-26,30-31,41,44,55,71H,9-14,21-24,27-29H2,1-8H3,(H,57,64)(H,59,65)(H3,54,56,68)/t41-,44-,53-/m0/s1. The van der Waals surface area contributed by atoms with E-state index < -0.39 is 47.8 Å². The van der Waals surface area contributed by atoms with Crippen molar-refractivity contribution in [2.45, 2.75) is 118 Å². The SMILES string of the molecule is CCc1c2c(nc3ccc(OC(=O)N(C)CCN(C)C(=O)OCc4ccc(NC(=O)[C@H](CCCNC(N)=O)NC(=O)[C@@H](NCCCC(=O)C(C)C)C(C)C)cc4)cc13)-c1cc3c(c(=O)n1C2)COC(=O)[C@]3(O)CC. The summed E-state index contributed by atoms with van der Waals surface area (Å²) >= 11 is 0. The summed E-state index contributed by atoms with van der Waals surface area (Å²) in [6.07, 6.45) is 0.825. The molecule has 0 unspecified atom stereocenters. The molecule has 2 aliphatic heterocycles. The first kappa shape index (κ1) is 55.9. The van der Waals surface area contributed by atoms with E-state index in [2.05, 4.69) is 21.3 Å². The van der Waals surface area contributed by atoms with E-state index in [9.17, 15) is 43.5 Å². The fraction of sp³-hybridized carbons (Fsp3) is 0.491. The van der Waals surface area contributed by atoms with Gasteiger partial charge in [0.15, 0.2) is 5.60 Å². The molecule has 2 aliphatic rings. The molecule has 21 nitrogen and oxygen atoms in total. The fourth-order valence-corrected chi connectivity index (χ4v) is 8.93. The summed E-state index contributed by atoms with van der Waals surface area (Å²) < 4.78 is 18.1. The van der Waals surface area contributed by atoms with Crippen LogP contribution >= 0.6 is 0 Å². The van der Waals surface area contributed by atoms with Gasteiger partial charge in [-0.1, -0.05) is 53.7 Å². The molecule has 0 spiro atoms. The minimum Gasteiger partial charge on any atom is -0.458 e. The van der Waals surface area contributed by atoms with Crippen molar-refractivity contribution in [1.82, 2.24) is 35.3 Å². The number of pyridine rings is 2. The first-order valence-electron chi connectivity index (χ1n) is 25.1. The Kier molecular flexibility index (Phi) is 18.6. The first-order valence-corrected chi connectivity index (χ1v) is 25.1. The lowest BCUT2D eigenvalue weighted by Gasteiger charge is -2.31. The fourth-order valence-electron chi connectivity index (χ4n) is 8.93. The van der Waals surface area contributed by atoms with E-state index in [4.69, 9.17) is 24.9 Å². The van der Waals surface area contributed by atoms with Gasteiger partial charge in [0.2, 0.25) is 11.8 Å². The number of nitrogens with zero attached hydrogens (tertiary/aromatic N) is 4. The van der Waals surface area contributed by atoms with Crippen molar-refractivity contribution in [3.05, 3.63) is 86.7 Å². The summed E-state index contributed by atoms with van der Waals surface area (Å²) in [6.45, 7) is 11.9. The third-order valence-corrected chi connectivity index (χ3v) is 13.5. The van der Waals surface area contributed by atoms with E-state index in [0.717, 1.165) is 16.5 Å². The monoisotopic (exact) mass is 1020 g/mol. The zero-order valence-electron chi connectivity index (χ0n) is 43.4. The zero-order valence-corrected chi connectivity index (χ0v) is 43.4. The second-order valence-electron chi connectivity index (χ2n) is 19.4. The Labute approximate surface area is 429 Å². The average Bonchev–Trinajstić information content (AvgIpc) is 3.74. The van der Waals surface area contributed by atoms with E-state index in [0.29, 0.717) is 60.4 Å². The van der Waals surface area contributed by atoms with Gasteiger partial charge in [0.1, 0.15) is 30.8 Å². The molecule has 0 saturated carbocycles. The smallest absolute Gasteiger partial charge is 0.415 e. The molecule has 0 saturated heterocycles. The second kappa shape index (κ2) is 24.6. The van der Waals surface area contributed by atoms with Crippen LogP contribution in [0.5, 0.6) is 5.75 Å². The largest absolute Gasteiger partial charge is 0.458 e. The van der Waals surface area contributed by atoms with E-state index in [-0.39, 0.29) is 98.2 Å². The van der Waals surface area contributed by atoms with Gasteiger partial charge in [0, 0.05) is 68.3 Å². The van der Waals surface area contributed by atoms with Crippen molar-refractivity contribution in [2.24, 2.45) is 17.6 Å². The van der Waals surface area contributed by atoms with Crippen LogP contribution in [0.25, 0.3) is 22.3 Å². The molecule has 0 radical (unpaired) electrons. The minimum absolute atomic E-state index is 0.0328. The summed E-state index contributed by atoms with van der Waals surface area (Å²) in [4.78, 5) is 110. The lowest BCUT2D eigenvalue weighted by Crippen LogP contribution is -2.53. The Hall–Kier alpha value is -7.39. The quantitative estimate of drug-likeness (QED) is 0.0378. The van der Waals surface area contributed by atoms with Crippen LogP contribution in [0.15, 0.2) is 53.3 Å². The lowest BCUT2D eigenvalue weighted by atomic mass is 9.86. The maximum Gasteiger partial charge on any atom is 0.415 e. The lowest BCUT2D eigenvalue weighted by molar-refractivity contribution is -0.172. The molecule has 21 heteroatoms. The molecule has 0 fully saturated rings. The number of nitrogens with one attached hydrogen (secondary N) is 4.